The molecule has 0 aromatic heterocycles. The van der Waals surface area contributed by atoms with Gasteiger partial charge >= 0.3 is 10.3 Å². The lowest BCUT2D eigenvalue weighted by atomic mass is 9.55. The Hall–Kier alpha value is -1.31. The molecule has 0 amide bonds. The van der Waals surface area contributed by atoms with Crippen LogP contribution in [0, 0.1) is 17.3 Å². The fourth-order valence-corrected chi connectivity index (χ4v) is 6.50. The summed E-state index contributed by atoms with van der Waals surface area (Å²) in [5.41, 5.74) is 2.72. The van der Waals surface area contributed by atoms with Gasteiger partial charge in [-0.15, -0.1) is 0 Å². The SMILES string of the molecule is CCOc1cc2c(cc1NS(=O)(=O)O)CC[C@@H]1[C@@H]2CC[C@]2(C)[C@H](O)CC[C@@H]12. The number of ether oxygens (including phenoxy) is 1. The van der Waals surface area contributed by atoms with Crippen molar-refractivity contribution in [1.82, 2.24) is 0 Å². The first-order valence-electron chi connectivity index (χ1n) is 9.96. The highest BCUT2D eigenvalue weighted by atomic mass is 32.2. The summed E-state index contributed by atoms with van der Waals surface area (Å²) in [7, 11) is -4.35. The molecule has 0 radical (unpaired) electrons. The standard InChI is InChI=1S/C20H29NO5S/c1-3-26-18-11-15-12(10-17(18)21-27(23,24)25)4-5-14-13(15)8-9-20(2)16(14)6-7-19(20)22/h10-11,13-14,16,19,21-22H,3-9H2,1-2H3,(H,23,24,25)/t13-,14+,16-,19+,20-/m0/s1. The van der Waals surface area contributed by atoms with E-state index in [0.29, 0.717) is 35.8 Å². The van der Waals surface area contributed by atoms with Crippen LogP contribution in [0.2, 0.25) is 0 Å². The number of benzene rings is 1. The molecule has 3 N–H and O–H groups in total. The number of nitrogens with one attached hydrogen (secondary N) is 1. The Kier molecular flexibility index (Phi) is 4.68. The van der Waals surface area contributed by atoms with E-state index in [1.807, 2.05) is 19.1 Å². The largest absolute Gasteiger partial charge is 0.492 e. The second kappa shape index (κ2) is 6.64. The summed E-state index contributed by atoms with van der Waals surface area (Å²) in [6, 6.07) is 3.79. The van der Waals surface area contributed by atoms with Gasteiger partial charge in [0.2, 0.25) is 0 Å². The molecule has 7 heteroatoms. The van der Waals surface area contributed by atoms with Gasteiger partial charge in [-0.25, -0.2) is 0 Å². The number of aliphatic hydroxyl groups is 1. The van der Waals surface area contributed by atoms with Gasteiger partial charge in [-0.2, -0.15) is 8.42 Å². The van der Waals surface area contributed by atoms with E-state index in [2.05, 4.69) is 11.6 Å². The van der Waals surface area contributed by atoms with E-state index in [1.165, 1.54) is 5.56 Å². The maximum Gasteiger partial charge on any atom is 0.357 e. The van der Waals surface area contributed by atoms with Crippen molar-refractivity contribution in [2.75, 3.05) is 11.3 Å². The fourth-order valence-electron chi connectivity index (χ4n) is 6.07. The van der Waals surface area contributed by atoms with Crippen LogP contribution in [-0.2, 0) is 16.7 Å². The van der Waals surface area contributed by atoms with Gasteiger partial charge in [0.25, 0.3) is 0 Å². The molecule has 1 aromatic rings. The molecule has 0 heterocycles. The summed E-state index contributed by atoms with van der Waals surface area (Å²) in [6.45, 7) is 4.52. The van der Waals surface area contributed by atoms with Gasteiger partial charge in [-0.05, 0) is 91.9 Å². The molecule has 27 heavy (non-hydrogen) atoms. The van der Waals surface area contributed by atoms with Crippen molar-refractivity contribution < 1.29 is 22.8 Å². The molecule has 5 atom stereocenters. The molecule has 0 bridgehead atoms. The minimum absolute atomic E-state index is 0.0356. The van der Waals surface area contributed by atoms with Crippen molar-refractivity contribution >= 4 is 16.0 Å². The number of aryl methyl sites for hydroxylation is 1. The lowest BCUT2D eigenvalue weighted by molar-refractivity contribution is -0.0226. The molecule has 150 valence electrons. The number of rotatable bonds is 4. The molecule has 3 aliphatic rings. The summed E-state index contributed by atoms with van der Waals surface area (Å²) in [5.74, 6) is 2.00. The van der Waals surface area contributed by atoms with Gasteiger partial charge in [0.15, 0.2) is 0 Å². The molecule has 2 fully saturated rings. The Morgan fingerprint density at radius 3 is 2.74 bits per heavy atom. The van der Waals surface area contributed by atoms with E-state index in [1.54, 1.807) is 0 Å². The molecule has 4 rings (SSSR count). The van der Waals surface area contributed by atoms with Gasteiger partial charge in [0.1, 0.15) is 5.75 Å². The summed E-state index contributed by atoms with van der Waals surface area (Å²) in [4.78, 5) is 0. The normalized spacial score (nSPS) is 35.1. The Labute approximate surface area is 161 Å². The number of hydrogen-bond acceptors (Lipinski definition) is 4. The third-order valence-electron chi connectivity index (χ3n) is 7.31. The molecule has 2 saturated carbocycles. The Morgan fingerprint density at radius 2 is 2.04 bits per heavy atom. The van der Waals surface area contributed by atoms with Gasteiger partial charge in [-0.3, -0.25) is 9.27 Å². The summed E-state index contributed by atoms with van der Waals surface area (Å²) < 4.78 is 39.7. The fraction of sp³-hybridized carbons (Fsp3) is 0.700. The van der Waals surface area contributed by atoms with E-state index in [0.717, 1.165) is 44.1 Å². The van der Waals surface area contributed by atoms with Crippen LogP contribution < -0.4 is 9.46 Å². The van der Waals surface area contributed by atoms with Crippen molar-refractivity contribution in [3.05, 3.63) is 23.3 Å². The number of anilines is 1. The third-order valence-corrected chi connectivity index (χ3v) is 7.79. The molecule has 0 saturated heterocycles. The molecule has 0 spiro atoms. The van der Waals surface area contributed by atoms with Crippen molar-refractivity contribution in [2.45, 2.75) is 64.4 Å². The predicted octanol–water partition coefficient (Wildman–Crippen LogP) is 3.52. The van der Waals surface area contributed by atoms with E-state index in [-0.39, 0.29) is 11.5 Å². The zero-order chi connectivity index (χ0) is 19.4. The minimum atomic E-state index is -4.35. The third kappa shape index (κ3) is 3.23. The maximum absolute atomic E-state index is 11.3. The Bertz CT molecular complexity index is 839. The predicted molar refractivity (Wildman–Crippen MR) is 103 cm³/mol. The van der Waals surface area contributed by atoms with E-state index in [4.69, 9.17) is 4.74 Å². The molecule has 0 unspecified atom stereocenters. The number of hydrogen-bond donors (Lipinski definition) is 3. The van der Waals surface area contributed by atoms with Gasteiger partial charge in [0.05, 0.1) is 18.4 Å². The first kappa shape index (κ1) is 19.0. The summed E-state index contributed by atoms with van der Waals surface area (Å²) >= 11 is 0. The minimum Gasteiger partial charge on any atom is -0.492 e. The van der Waals surface area contributed by atoms with Crippen LogP contribution in [0.25, 0.3) is 0 Å². The maximum atomic E-state index is 11.3. The quantitative estimate of drug-likeness (QED) is 0.678. The van der Waals surface area contributed by atoms with Crippen molar-refractivity contribution in [1.29, 1.82) is 0 Å². The van der Waals surface area contributed by atoms with Crippen LogP contribution in [-0.4, -0.2) is 30.8 Å². The first-order valence-corrected chi connectivity index (χ1v) is 11.4. The average molecular weight is 396 g/mol. The van der Waals surface area contributed by atoms with Crippen molar-refractivity contribution in [2.24, 2.45) is 17.3 Å². The smallest absolute Gasteiger partial charge is 0.357 e. The van der Waals surface area contributed by atoms with Crippen LogP contribution in [0.15, 0.2) is 12.1 Å². The second-order valence-electron chi connectivity index (χ2n) is 8.61. The van der Waals surface area contributed by atoms with E-state index in [9.17, 15) is 18.1 Å². The molecular weight excluding hydrogens is 366 g/mol. The Morgan fingerprint density at radius 1 is 1.26 bits per heavy atom. The highest BCUT2D eigenvalue weighted by molar-refractivity contribution is 7.87. The van der Waals surface area contributed by atoms with Crippen molar-refractivity contribution in [3.63, 3.8) is 0 Å². The molecule has 3 aliphatic carbocycles. The molecule has 6 nitrogen and oxygen atoms in total. The van der Waals surface area contributed by atoms with Crippen LogP contribution in [0.1, 0.15) is 63.0 Å². The molecular formula is C20H29NO5S. The van der Waals surface area contributed by atoms with Gasteiger partial charge < -0.3 is 9.84 Å². The Balaban J connectivity index is 1.71. The monoisotopic (exact) mass is 395 g/mol. The zero-order valence-electron chi connectivity index (χ0n) is 15.9. The topological polar surface area (TPSA) is 95.9 Å². The first-order chi connectivity index (χ1) is 12.7. The van der Waals surface area contributed by atoms with Crippen LogP contribution in [0.4, 0.5) is 5.69 Å². The van der Waals surface area contributed by atoms with Gasteiger partial charge in [0, 0.05) is 0 Å². The molecule has 0 aliphatic heterocycles. The van der Waals surface area contributed by atoms with E-state index < -0.39 is 10.3 Å². The highest BCUT2D eigenvalue weighted by Crippen LogP contribution is 2.61. The lowest BCUT2D eigenvalue weighted by Gasteiger charge is -2.50. The van der Waals surface area contributed by atoms with Crippen LogP contribution in [0.5, 0.6) is 5.75 Å². The number of fused-ring (bicyclic) bond motifs is 5. The average Bonchev–Trinajstić information content (AvgIpc) is 2.89. The summed E-state index contributed by atoms with van der Waals surface area (Å²) in [5, 5.41) is 10.5. The second-order valence-corrected chi connectivity index (χ2v) is 9.76. The summed E-state index contributed by atoms with van der Waals surface area (Å²) in [6.07, 6.45) is 5.81. The molecule has 1 aromatic carbocycles. The number of aliphatic hydroxyl groups excluding tert-OH is 1. The van der Waals surface area contributed by atoms with Crippen molar-refractivity contribution in [3.8, 4) is 5.75 Å². The van der Waals surface area contributed by atoms with Crippen LogP contribution in [0.3, 0.4) is 0 Å². The lowest BCUT2D eigenvalue weighted by Crippen LogP contribution is -2.43. The zero-order valence-corrected chi connectivity index (χ0v) is 16.8. The van der Waals surface area contributed by atoms with Gasteiger partial charge in [-0.1, -0.05) is 6.92 Å². The van der Waals surface area contributed by atoms with E-state index >= 15 is 0 Å². The van der Waals surface area contributed by atoms with Crippen LogP contribution >= 0.6 is 0 Å². The highest BCUT2D eigenvalue weighted by Gasteiger charge is 2.54.